The van der Waals surface area contributed by atoms with Crippen LogP contribution in [0.2, 0.25) is 0 Å². The van der Waals surface area contributed by atoms with Gasteiger partial charge in [0.25, 0.3) is 0 Å². The molecule has 0 aliphatic rings. The molecule has 9 heavy (non-hydrogen) atoms. The van der Waals surface area contributed by atoms with Crippen LogP contribution in [0, 0.1) is 0 Å². The quantitative estimate of drug-likeness (QED) is 0.413. The summed E-state index contributed by atoms with van der Waals surface area (Å²) in [6.45, 7) is 7.95. The van der Waals surface area contributed by atoms with Gasteiger partial charge in [0.05, 0.1) is 0 Å². The first kappa shape index (κ1) is 7.82. The Labute approximate surface area is 53.9 Å². The number of rotatable bonds is 3. The van der Waals surface area contributed by atoms with Crippen molar-refractivity contribution in [2.24, 2.45) is 0 Å². The Morgan fingerprint density at radius 3 is 2.00 bits per heavy atom. The van der Waals surface area contributed by atoms with Crippen molar-refractivity contribution in [3.63, 3.8) is 0 Å². The fraction of sp³-hybridized carbons (Fsp3) is 0.143. The predicted octanol–water partition coefficient (Wildman–Crippen LogP) is 0.887. The summed E-state index contributed by atoms with van der Waals surface area (Å²) in [5.41, 5.74) is 0.250. The molecule has 0 aliphatic heterocycles. The minimum atomic E-state index is -0.595. The predicted molar refractivity (Wildman–Crippen MR) is 35.0 cm³/mol. The van der Waals surface area contributed by atoms with Gasteiger partial charge in [0.2, 0.25) is 11.6 Å². The molecule has 0 amide bonds. The Morgan fingerprint density at radius 2 is 1.89 bits per heavy atom. The zero-order valence-electron chi connectivity index (χ0n) is 5.31. The third-order valence-electron chi connectivity index (χ3n) is 0.797. The summed E-state index contributed by atoms with van der Waals surface area (Å²) in [4.78, 5) is 21.0. The Morgan fingerprint density at radius 1 is 1.44 bits per heavy atom. The summed E-state index contributed by atoms with van der Waals surface area (Å²) in [6.07, 6.45) is 0.983. The van der Waals surface area contributed by atoms with Gasteiger partial charge in [-0.2, -0.15) is 0 Å². The van der Waals surface area contributed by atoms with Crippen molar-refractivity contribution in [2.45, 2.75) is 6.92 Å². The molecule has 0 rings (SSSR count). The highest BCUT2D eigenvalue weighted by Gasteiger charge is 2.08. The first-order valence-electron chi connectivity index (χ1n) is 2.46. The molecule has 0 radical (unpaired) electrons. The van der Waals surface area contributed by atoms with Gasteiger partial charge >= 0.3 is 0 Å². The standard InChI is InChI=1S/C7H8O2/c1-4-6(8)7(9)5(2)3/h4H,1-2H2,3H3. The molecule has 0 aliphatic carbocycles. The lowest BCUT2D eigenvalue weighted by atomic mass is 10.1. The SMILES string of the molecule is C=CC(=O)C(=O)C(=C)C. The fourth-order valence-electron chi connectivity index (χ4n) is 0.303. The van der Waals surface area contributed by atoms with E-state index in [4.69, 9.17) is 0 Å². The molecule has 0 aromatic rings. The highest BCUT2D eigenvalue weighted by atomic mass is 16.2. The number of allylic oxidation sites excluding steroid dienone is 2. The van der Waals surface area contributed by atoms with Gasteiger partial charge in [0.15, 0.2) is 0 Å². The maximum absolute atomic E-state index is 10.6. The van der Waals surface area contributed by atoms with Crippen LogP contribution < -0.4 is 0 Å². The lowest BCUT2D eigenvalue weighted by Crippen LogP contribution is -2.10. The van der Waals surface area contributed by atoms with E-state index in [2.05, 4.69) is 13.2 Å². The van der Waals surface area contributed by atoms with Gasteiger partial charge in [-0.05, 0) is 18.6 Å². The largest absolute Gasteiger partial charge is 0.286 e. The van der Waals surface area contributed by atoms with Crippen LogP contribution in [-0.4, -0.2) is 11.6 Å². The molecule has 0 spiro atoms. The Balaban J connectivity index is 4.22. The molecule has 0 saturated carbocycles. The second-order valence-corrected chi connectivity index (χ2v) is 1.68. The normalized spacial score (nSPS) is 8.11. The Bertz CT molecular complexity index is 177. The van der Waals surface area contributed by atoms with E-state index in [1.54, 1.807) is 0 Å². The molecule has 0 N–H and O–H groups in total. The van der Waals surface area contributed by atoms with E-state index in [9.17, 15) is 9.59 Å². The number of carbonyl (C=O) groups excluding carboxylic acids is 2. The maximum atomic E-state index is 10.6. The minimum absolute atomic E-state index is 0.250. The Hall–Kier alpha value is -1.18. The molecule has 0 fully saturated rings. The number of hydrogen-bond acceptors (Lipinski definition) is 2. The second-order valence-electron chi connectivity index (χ2n) is 1.68. The van der Waals surface area contributed by atoms with E-state index in [0.29, 0.717) is 0 Å². The zero-order chi connectivity index (χ0) is 7.44. The summed E-state index contributed by atoms with van der Waals surface area (Å²) in [5.74, 6) is -1.16. The Kier molecular flexibility index (Phi) is 2.58. The van der Waals surface area contributed by atoms with Crippen LogP contribution in [0.15, 0.2) is 24.8 Å². The van der Waals surface area contributed by atoms with Crippen molar-refractivity contribution in [2.75, 3.05) is 0 Å². The number of carbonyl (C=O) groups is 2. The molecule has 0 bridgehead atoms. The van der Waals surface area contributed by atoms with Gasteiger partial charge in [-0.25, -0.2) is 0 Å². The zero-order valence-corrected chi connectivity index (χ0v) is 5.31. The molecular formula is C7H8O2. The monoisotopic (exact) mass is 124 g/mol. The van der Waals surface area contributed by atoms with Gasteiger partial charge in [0, 0.05) is 0 Å². The second kappa shape index (κ2) is 2.97. The van der Waals surface area contributed by atoms with Crippen molar-refractivity contribution in [1.82, 2.24) is 0 Å². The van der Waals surface area contributed by atoms with Crippen LogP contribution in [-0.2, 0) is 9.59 Å². The van der Waals surface area contributed by atoms with Crippen LogP contribution in [0.4, 0.5) is 0 Å². The molecule has 2 nitrogen and oxygen atoms in total. The van der Waals surface area contributed by atoms with Crippen molar-refractivity contribution >= 4 is 11.6 Å². The third kappa shape index (κ3) is 2.04. The van der Waals surface area contributed by atoms with E-state index in [0.717, 1.165) is 6.08 Å². The fourth-order valence-corrected chi connectivity index (χ4v) is 0.303. The molecule has 0 aromatic heterocycles. The molecule has 2 heteroatoms. The van der Waals surface area contributed by atoms with Gasteiger partial charge in [-0.15, -0.1) is 0 Å². The van der Waals surface area contributed by atoms with Gasteiger partial charge in [-0.3, -0.25) is 9.59 Å². The van der Waals surface area contributed by atoms with Crippen LogP contribution in [0.25, 0.3) is 0 Å². The van der Waals surface area contributed by atoms with E-state index in [1.807, 2.05) is 0 Å². The first-order valence-corrected chi connectivity index (χ1v) is 2.46. The van der Waals surface area contributed by atoms with E-state index < -0.39 is 11.6 Å². The van der Waals surface area contributed by atoms with E-state index >= 15 is 0 Å². The van der Waals surface area contributed by atoms with Crippen LogP contribution in [0.5, 0.6) is 0 Å². The lowest BCUT2D eigenvalue weighted by molar-refractivity contribution is -0.131. The van der Waals surface area contributed by atoms with Crippen LogP contribution in [0.1, 0.15) is 6.92 Å². The highest BCUT2D eigenvalue weighted by Crippen LogP contribution is 1.90. The molecule has 0 saturated heterocycles. The number of Topliss-reactive ketones (excluding diaryl/α,β-unsaturated/α-hetero) is 1. The molecule has 0 aromatic carbocycles. The number of hydrogen-bond donors (Lipinski definition) is 0. The molecule has 0 atom stereocenters. The molecular weight excluding hydrogens is 116 g/mol. The number of ketones is 2. The highest BCUT2D eigenvalue weighted by molar-refractivity contribution is 6.46. The van der Waals surface area contributed by atoms with Gasteiger partial charge < -0.3 is 0 Å². The third-order valence-corrected chi connectivity index (χ3v) is 0.797. The van der Waals surface area contributed by atoms with Crippen molar-refractivity contribution in [3.05, 3.63) is 24.8 Å². The summed E-state index contributed by atoms with van der Waals surface area (Å²) in [6, 6.07) is 0. The van der Waals surface area contributed by atoms with Crippen LogP contribution in [0.3, 0.4) is 0 Å². The summed E-state index contributed by atoms with van der Waals surface area (Å²) < 4.78 is 0. The maximum Gasteiger partial charge on any atom is 0.227 e. The van der Waals surface area contributed by atoms with Crippen molar-refractivity contribution < 1.29 is 9.59 Å². The summed E-state index contributed by atoms with van der Waals surface area (Å²) in [5, 5.41) is 0. The van der Waals surface area contributed by atoms with Crippen molar-refractivity contribution in [3.8, 4) is 0 Å². The average molecular weight is 124 g/mol. The first-order chi connectivity index (χ1) is 4.09. The van der Waals surface area contributed by atoms with Gasteiger partial charge in [-0.1, -0.05) is 13.2 Å². The van der Waals surface area contributed by atoms with E-state index in [-0.39, 0.29) is 5.57 Å². The van der Waals surface area contributed by atoms with Crippen molar-refractivity contribution in [1.29, 1.82) is 0 Å². The van der Waals surface area contributed by atoms with Crippen LogP contribution >= 0.6 is 0 Å². The summed E-state index contributed by atoms with van der Waals surface area (Å²) >= 11 is 0. The smallest absolute Gasteiger partial charge is 0.227 e. The average Bonchev–Trinajstić information content (AvgIpc) is 1.84. The van der Waals surface area contributed by atoms with E-state index in [1.165, 1.54) is 6.92 Å². The molecule has 48 valence electrons. The topological polar surface area (TPSA) is 34.1 Å². The van der Waals surface area contributed by atoms with Gasteiger partial charge in [0.1, 0.15) is 0 Å². The summed E-state index contributed by atoms with van der Waals surface area (Å²) in [7, 11) is 0. The molecule has 0 heterocycles. The molecule has 0 unspecified atom stereocenters. The minimum Gasteiger partial charge on any atom is -0.286 e. The lowest BCUT2D eigenvalue weighted by Gasteiger charge is -1.88.